The maximum absolute atomic E-state index is 13.3. The molecule has 0 aliphatic carbocycles. The van der Waals surface area contributed by atoms with Crippen LogP contribution >= 0.6 is 0 Å². The summed E-state index contributed by atoms with van der Waals surface area (Å²) in [5.74, 6) is 0.485. The Balaban J connectivity index is 1.96. The van der Waals surface area contributed by atoms with Crippen LogP contribution in [-0.2, 0) is 28.0 Å². The highest BCUT2D eigenvalue weighted by Gasteiger charge is 2.23. The van der Waals surface area contributed by atoms with Gasteiger partial charge in [-0.3, -0.25) is 0 Å². The number of sulfone groups is 1. The zero-order valence-corrected chi connectivity index (χ0v) is 21.1. The van der Waals surface area contributed by atoms with E-state index in [4.69, 9.17) is 9.47 Å². The number of fused-ring (bicyclic) bond motifs is 1. The van der Waals surface area contributed by atoms with E-state index >= 15 is 0 Å². The van der Waals surface area contributed by atoms with Gasteiger partial charge in [-0.15, -0.1) is 0 Å². The Labute approximate surface area is 195 Å². The molecule has 1 amide bonds. The van der Waals surface area contributed by atoms with Gasteiger partial charge in [0, 0.05) is 37.2 Å². The van der Waals surface area contributed by atoms with Crippen LogP contribution in [0.25, 0.3) is 10.9 Å². The van der Waals surface area contributed by atoms with E-state index in [1.54, 1.807) is 42.3 Å². The number of hydrogen-bond acceptors (Lipinski definition) is 5. The summed E-state index contributed by atoms with van der Waals surface area (Å²) < 4.78 is 39.3. The second-order valence-electron chi connectivity index (χ2n) is 9.14. The average Bonchev–Trinajstić information content (AvgIpc) is 3.00. The van der Waals surface area contributed by atoms with Crippen LogP contribution in [0.5, 0.6) is 5.75 Å². The molecule has 0 aliphatic rings. The Morgan fingerprint density at radius 2 is 1.76 bits per heavy atom. The molecule has 1 heterocycles. The van der Waals surface area contributed by atoms with Crippen LogP contribution in [0.4, 0.5) is 4.79 Å². The van der Waals surface area contributed by atoms with Crippen molar-refractivity contribution in [2.45, 2.75) is 49.5 Å². The fourth-order valence-corrected chi connectivity index (χ4v) is 5.05. The molecule has 1 aromatic heterocycles. The van der Waals surface area contributed by atoms with Crippen LogP contribution in [0.1, 0.15) is 32.0 Å². The second-order valence-corrected chi connectivity index (χ2v) is 11.1. The summed E-state index contributed by atoms with van der Waals surface area (Å²) in [5, 5.41) is 0.858. The van der Waals surface area contributed by atoms with Crippen molar-refractivity contribution in [2.24, 2.45) is 7.05 Å². The van der Waals surface area contributed by atoms with E-state index in [9.17, 15) is 13.2 Å². The molecule has 0 saturated heterocycles. The van der Waals surface area contributed by atoms with Crippen molar-refractivity contribution in [1.29, 1.82) is 0 Å². The van der Waals surface area contributed by atoms with Gasteiger partial charge in [-0.1, -0.05) is 6.07 Å². The summed E-state index contributed by atoms with van der Waals surface area (Å²) in [5.41, 5.74) is 2.40. The van der Waals surface area contributed by atoms with E-state index in [1.165, 1.54) is 13.2 Å². The predicted molar refractivity (Wildman–Crippen MR) is 129 cm³/mol. The van der Waals surface area contributed by atoms with Crippen molar-refractivity contribution in [3.63, 3.8) is 0 Å². The average molecular weight is 473 g/mol. The third-order valence-electron chi connectivity index (χ3n) is 5.66. The first-order valence-electron chi connectivity index (χ1n) is 10.8. The number of carbonyl (C=O) groups is 1. The molecular formula is C25H32N2O5S. The largest absolute Gasteiger partial charge is 0.497 e. The minimum atomic E-state index is -3.72. The van der Waals surface area contributed by atoms with Crippen molar-refractivity contribution < 1.29 is 22.7 Å². The summed E-state index contributed by atoms with van der Waals surface area (Å²) in [4.78, 5) is 14.3. The van der Waals surface area contributed by atoms with Crippen LogP contribution < -0.4 is 4.74 Å². The van der Waals surface area contributed by atoms with Crippen LogP contribution in [-0.4, -0.2) is 50.3 Å². The van der Waals surface area contributed by atoms with Crippen LogP contribution in [0, 0.1) is 6.92 Å². The molecule has 0 saturated carbocycles. The lowest BCUT2D eigenvalue weighted by Crippen LogP contribution is -2.35. The molecule has 7 nitrogen and oxygen atoms in total. The first kappa shape index (κ1) is 24.6. The molecular weight excluding hydrogens is 440 g/mol. The zero-order valence-electron chi connectivity index (χ0n) is 20.3. The number of aromatic nitrogens is 1. The first-order chi connectivity index (χ1) is 15.3. The number of hydrogen-bond donors (Lipinski definition) is 0. The smallest absolute Gasteiger partial charge is 0.410 e. The van der Waals surface area contributed by atoms with E-state index in [0.29, 0.717) is 18.7 Å². The lowest BCUT2D eigenvalue weighted by Gasteiger charge is -2.24. The highest BCUT2D eigenvalue weighted by molar-refractivity contribution is 7.91. The van der Waals surface area contributed by atoms with E-state index in [2.05, 4.69) is 0 Å². The predicted octanol–water partition coefficient (Wildman–Crippen LogP) is 4.74. The Hall–Kier alpha value is -3.00. The number of aryl methyl sites for hydroxylation is 1. The van der Waals surface area contributed by atoms with Gasteiger partial charge >= 0.3 is 6.09 Å². The molecule has 0 radical (unpaired) electrons. The van der Waals surface area contributed by atoms with Crippen molar-refractivity contribution in [3.05, 3.63) is 53.7 Å². The van der Waals surface area contributed by atoms with Gasteiger partial charge < -0.3 is 18.9 Å². The number of benzene rings is 2. The third-order valence-corrected chi connectivity index (χ3v) is 7.41. The molecule has 33 heavy (non-hydrogen) atoms. The second kappa shape index (κ2) is 9.09. The molecule has 0 spiro atoms. The van der Waals surface area contributed by atoms with Gasteiger partial charge in [0.05, 0.1) is 16.9 Å². The highest BCUT2D eigenvalue weighted by Crippen LogP contribution is 2.31. The Bertz CT molecular complexity index is 1290. The lowest BCUT2D eigenvalue weighted by atomic mass is 10.1. The van der Waals surface area contributed by atoms with Crippen molar-refractivity contribution in [2.75, 3.05) is 20.7 Å². The van der Waals surface area contributed by atoms with Gasteiger partial charge in [0.15, 0.2) is 0 Å². The van der Waals surface area contributed by atoms with Gasteiger partial charge in [-0.05, 0) is 76.1 Å². The van der Waals surface area contributed by atoms with E-state index in [1.807, 2.05) is 45.4 Å². The lowest BCUT2D eigenvalue weighted by molar-refractivity contribution is 0.0300. The molecule has 0 aliphatic heterocycles. The van der Waals surface area contributed by atoms with Gasteiger partial charge in [0.1, 0.15) is 11.4 Å². The molecule has 0 N–H and O–H groups in total. The molecule has 0 fully saturated rings. The summed E-state index contributed by atoms with van der Waals surface area (Å²) in [7, 11) is 1.44. The van der Waals surface area contributed by atoms with Crippen molar-refractivity contribution in [3.8, 4) is 5.75 Å². The summed E-state index contributed by atoms with van der Waals surface area (Å²) in [6, 6.07) is 11.6. The minimum Gasteiger partial charge on any atom is -0.497 e. The van der Waals surface area contributed by atoms with Gasteiger partial charge in [0.2, 0.25) is 9.84 Å². The van der Waals surface area contributed by atoms with Gasteiger partial charge in [-0.25, -0.2) is 13.2 Å². The summed E-state index contributed by atoms with van der Waals surface area (Å²) >= 11 is 0. The number of amides is 1. The Morgan fingerprint density at radius 1 is 1.09 bits per heavy atom. The molecule has 0 unspecified atom stereocenters. The SMILES string of the molecule is COc1cccc(S(=O)(=O)c2ccc3c(c2)c(CCN(C)C(=O)OC(C)(C)C)c(C)n3C)c1. The first-order valence-corrected chi connectivity index (χ1v) is 12.2. The fourth-order valence-electron chi connectivity index (χ4n) is 3.73. The fraction of sp³-hybridized carbons (Fsp3) is 0.400. The number of methoxy groups -OCH3 is 1. The highest BCUT2D eigenvalue weighted by atomic mass is 32.2. The molecule has 178 valence electrons. The number of carbonyl (C=O) groups excluding carboxylic acids is 1. The molecule has 8 heteroatoms. The zero-order chi connectivity index (χ0) is 24.6. The Kier molecular flexibility index (Phi) is 6.79. The van der Waals surface area contributed by atoms with Crippen molar-refractivity contribution in [1.82, 2.24) is 9.47 Å². The van der Waals surface area contributed by atoms with E-state index < -0.39 is 15.4 Å². The standard InChI is InChI=1S/C25H32N2O5S/c1-17-21(13-14-26(5)24(28)32-25(2,3)4)22-16-20(11-12-23(22)27(17)6)33(29,30)19-10-8-9-18(15-19)31-7/h8-12,15-16H,13-14H2,1-7H3. The van der Waals surface area contributed by atoms with Gasteiger partial charge in [0.25, 0.3) is 0 Å². The van der Waals surface area contributed by atoms with Crippen molar-refractivity contribution >= 4 is 26.8 Å². The third kappa shape index (κ3) is 5.16. The number of nitrogens with zero attached hydrogens (tertiary/aromatic N) is 2. The van der Waals surface area contributed by atoms with E-state index in [0.717, 1.165) is 22.2 Å². The van der Waals surface area contributed by atoms with Gasteiger partial charge in [-0.2, -0.15) is 0 Å². The number of ether oxygens (including phenoxy) is 2. The topological polar surface area (TPSA) is 77.8 Å². The summed E-state index contributed by atoms with van der Waals surface area (Å²) in [6.45, 7) is 7.94. The molecule has 3 aromatic rings. The van der Waals surface area contributed by atoms with Crippen LogP contribution in [0.3, 0.4) is 0 Å². The van der Waals surface area contributed by atoms with Crippen LogP contribution in [0.15, 0.2) is 52.3 Å². The molecule has 0 atom stereocenters. The monoisotopic (exact) mass is 472 g/mol. The molecule has 0 bridgehead atoms. The molecule has 3 rings (SSSR count). The number of likely N-dealkylation sites (N-methyl/N-ethyl adjacent to an activating group) is 1. The maximum atomic E-state index is 13.3. The van der Waals surface area contributed by atoms with E-state index in [-0.39, 0.29) is 15.9 Å². The summed E-state index contributed by atoms with van der Waals surface area (Å²) in [6.07, 6.45) is 0.184. The van der Waals surface area contributed by atoms with Crippen LogP contribution in [0.2, 0.25) is 0 Å². The molecule has 2 aromatic carbocycles. The quantitative estimate of drug-likeness (QED) is 0.518. The normalized spacial score (nSPS) is 12.1. The Morgan fingerprint density at radius 3 is 2.39 bits per heavy atom. The number of rotatable bonds is 6. The maximum Gasteiger partial charge on any atom is 0.410 e. The minimum absolute atomic E-state index is 0.181.